The van der Waals surface area contributed by atoms with E-state index >= 15 is 0 Å². The van der Waals surface area contributed by atoms with E-state index in [4.69, 9.17) is 11.6 Å². The highest BCUT2D eigenvalue weighted by Crippen LogP contribution is 2.40. The van der Waals surface area contributed by atoms with Gasteiger partial charge in [-0.3, -0.25) is 10.1 Å². The van der Waals surface area contributed by atoms with Gasteiger partial charge in [-0.1, -0.05) is 11.6 Å². The number of benzene rings is 1. The van der Waals surface area contributed by atoms with E-state index < -0.39 is 15.9 Å². The molecule has 24 heavy (non-hydrogen) atoms. The lowest BCUT2D eigenvalue weighted by atomic mass is 10.2. The smallest absolute Gasteiger partial charge is 0.257 e. The highest BCUT2D eigenvalue weighted by molar-refractivity contribution is 7.89. The van der Waals surface area contributed by atoms with Crippen LogP contribution in [0.1, 0.15) is 34.8 Å². The number of hydrogen-bond acceptors (Lipinski definition) is 5. The number of hydrogen-bond donors (Lipinski definition) is 1. The summed E-state index contributed by atoms with van der Waals surface area (Å²) < 4.78 is 25.6. The van der Waals surface area contributed by atoms with Gasteiger partial charge in [0.1, 0.15) is 4.90 Å². The first-order valence-electron chi connectivity index (χ1n) is 7.28. The molecular weight excluding hydrogens is 370 g/mol. The first kappa shape index (κ1) is 17.3. The first-order valence-corrected chi connectivity index (χ1v) is 9.97. The van der Waals surface area contributed by atoms with Crippen LogP contribution in [0.2, 0.25) is 5.02 Å². The minimum atomic E-state index is -3.73. The van der Waals surface area contributed by atoms with Gasteiger partial charge in [0.2, 0.25) is 10.0 Å². The van der Waals surface area contributed by atoms with Gasteiger partial charge in [0.25, 0.3) is 5.91 Å². The Bertz CT molecular complexity index is 889. The zero-order valence-electron chi connectivity index (χ0n) is 13.1. The van der Waals surface area contributed by atoms with E-state index in [-0.39, 0.29) is 15.5 Å². The van der Waals surface area contributed by atoms with Crippen LogP contribution in [0.3, 0.4) is 0 Å². The molecule has 0 spiro atoms. The highest BCUT2D eigenvalue weighted by Gasteiger charge is 2.26. The Kier molecular flexibility index (Phi) is 4.65. The maximum absolute atomic E-state index is 12.4. The fourth-order valence-corrected chi connectivity index (χ4v) is 4.30. The minimum Gasteiger partial charge on any atom is -0.298 e. The summed E-state index contributed by atoms with van der Waals surface area (Å²) in [5.41, 5.74) is 1.21. The van der Waals surface area contributed by atoms with Gasteiger partial charge in [-0.15, -0.1) is 11.3 Å². The number of amides is 1. The van der Waals surface area contributed by atoms with E-state index in [0.29, 0.717) is 11.0 Å². The number of sulfonamides is 1. The summed E-state index contributed by atoms with van der Waals surface area (Å²) in [6.07, 6.45) is 2.28. The van der Waals surface area contributed by atoms with Crippen molar-refractivity contribution in [2.24, 2.45) is 0 Å². The predicted octanol–water partition coefficient (Wildman–Crippen LogP) is 3.18. The maximum atomic E-state index is 12.4. The number of carbonyl (C=O) groups excluding carboxylic acids is 1. The van der Waals surface area contributed by atoms with Gasteiger partial charge >= 0.3 is 0 Å². The third kappa shape index (κ3) is 3.46. The van der Waals surface area contributed by atoms with Crippen molar-refractivity contribution in [1.29, 1.82) is 0 Å². The Morgan fingerprint density at radius 1 is 1.38 bits per heavy atom. The molecule has 1 saturated carbocycles. The fourth-order valence-electron chi connectivity index (χ4n) is 2.12. The van der Waals surface area contributed by atoms with Crippen molar-refractivity contribution >= 4 is 44.0 Å². The van der Waals surface area contributed by atoms with Crippen LogP contribution in [0.15, 0.2) is 28.5 Å². The van der Waals surface area contributed by atoms with E-state index in [9.17, 15) is 13.2 Å². The third-order valence-electron chi connectivity index (χ3n) is 3.69. The molecule has 1 aromatic carbocycles. The van der Waals surface area contributed by atoms with Crippen molar-refractivity contribution in [3.05, 3.63) is 39.9 Å². The van der Waals surface area contributed by atoms with Crippen molar-refractivity contribution in [1.82, 2.24) is 9.29 Å². The Morgan fingerprint density at radius 3 is 2.71 bits per heavy atom. The molecule has 0 aliphatic heterocycles. The van der Waals surface area contributed by atoms with Crippen LogP contribution in [-0.2, 0) is 10.0 Å². The van der Waals surface area contributed by atoms with Crippen LogP contribution < -0.4 is 5.32 Å². The summed E-state index contributed by atoms with van der Waals surface area (Å²) in [7, 11) is -0.907. The summed E-state index contributed by atoms with van der Waals surface area (Å²) in [4.78, 5) is 16.7. The third-order valence-corrected chi connectivity index (χ3v) is 6.76. The topological polar surface area (TPSA) is 79.4 Å². The van der Waals surface area contributed by atoms with Crippen molar-refractivity contribution in [3.8, 4) is 0 Å². The van der Waals surface area contributed by atoms with Crippen molar-refractivity contribution in [2.75, 3.05) is 19.4 Å². The molecule has 128 valence electrons. The van der Waals surface area contributed by atoms with Gasteiger partial charge in [0, 0.05) is 31.0 Å². The molecule has 3 rings (SSSR count). The molecule has 0 saturated heterocycles. The molecule has 0 atom stereocenters. The molecule has 0 bridgehead atoms. The summed E-state index contributed by atoms with van der Waals surface area (Å²) in [6.45, 7) is 0. The molecule has 2 aromatic rings. The quantitative estimate of drug-likeness (QED) is 0.857. The standard InChI is InChI=1S/C15H16ClN3O3S2/c1-19(2)24(21,22)13-7-10(5-6-11(13)16)14(20)18-15-17-12(8-23-15)9-3-4-9/h5-9H,3-4H2,1-2H3,(H,17,18,20). The monoisotopic (exact) mass is 385 g/mol. The number of rotatable bonds is 5. The normalized spacial score (nSPS) is 14.8. The van der Waals surface area contributed by atoms with Crippen LogP contribution in [0.5, 0.6) is 0 Å². The van der Waals surface area contributed by atoms with E-state index in [1.165, 1.54) is 43.6 Å². The number of anilines is 1. The SMILES string of the molecule is CN(C)S(=O)(=O)c1cc(C(=O)Nc2nc(C3CC3)cs2)ccc1Cl. The molecule has 0 radical (unpaired) electrons. The Labute approximate surface area is 149 Å². The van der Waals surface area contributed by atoms with Gasteiger partial charge in [0.15, 0.2) is 5.13 Å². The molecule has 0 unspecified atom stereocenters. The lowest BCUT2D eigenvalue weighted by molar-refractivity contribution is 0.102. The number of carbonyl (C=O) groups is 1. The van der Waals surface area contributed by atoms with Gasteiger partial charge in [-0.05, 0) is 31.0 Å². The second kappa shape index (κ2) is 6.44. The van der Waals surface area contributed by atoms with E-state index in [2.05, 4.69) is 10.3 Å². The zero-order chi connectivity index (χ0) is 17.5. The minimum absolute atomic E-state index is 0.0746. The van der Waals surface area contributed by atoms with Crippen molar-refractivity contribution in [3.63, 3.8) is 0 Å². The average Bonchev–Trinajstić information content (AvgIpc) is 3.27. The zero-order valence-corrected chi connectivity index (χ0v) is 15.5. The number of nitrogens with zero attached hydrogens (tertiary/aromatic N) is 2. The molecule has 1 fully saturated rings. The first-order chi connectivity index (χ1) is 11.3. The van der Waals surface area contributed by atoms with Crippen LogP contribution >= 0.6 is 22.9 Å². The van der Waals surface area contributed by atoms with Gasteiger partial charge < -0.3 is 0 Å². The van der Waals surface area contributed by atoms with Gasteiger partial charge in [-0.2, -0.15) is 0 Å². The number of halogens is 1. The Balaban J connectivity index is 1.84. The number of thiazole rings is 1. The number of aromatic nitrogens is 1. The second-order valence-corrected chi connectivity index (χ2v) is 9.12. The van der Waals surface area contributed by atoms with Crippen LogP contribution in [0.25, 0.3) is 0 Å². The second-order valence-electron chi connectivity index (χ2n) is 5.74. The van der Waals surface area contributed by atoms with Crippen molar-refractivity contribution in [2.45, 2.75) is 23.7 Å². The highest BCUT2D eigenvalue weighted by atomic mass is 35.5. The molecule has 1 N–H and O–H groups in total. The maximum Gasteiger partial charge on any atom is 0.257 e. The Morgan fingerprint density at radius 2 is 2.08 bits per heavy atom. The van der Waals surface area contributed by atoms with Crippen LogP contribution in [0.4, 0.5) is 5.13 Å². The molecule has 6 nitrogen and oxygen atoms in total. The molecule has 9 heteroatoms. The predicted molar refractivity (Wildman–Crippen MR) is 94.4 cm³/mol. The van der Waals surface area contributed by atoms with Crippen molar-refractivity contribution < 1.29 is 13.2 Å². The Hall–Kier alpha value is -1.48. The van der Waals surface area contributed by atoms with Gasteiger partial charge in [0.05, 0.1) is 10.7 Å². The van der Waals surface area contributed by atoms with E-state index in [1.807, 2.05) is 5.38 Å². The van der Waals surface area contributed by atoms with Crippen LogP contribution in [-0.4, -0.2) is 37.7 Å². The average molecular weight is 386 g/mol. The number of nitrogens with one attached hydrogen (secondary N) is 1. The summed E-state index contributed by atoms with van der Waals surface area (Å²) >= 11 is 7.35. The summed E-state index contributed by atoms with van der Waals surface area (Å²) in [5, 5.41) is 5.23. The lowest BCUT2D eigenvalue weighted by Crippen LogP contribution is -2.23. The molecule has 1 heterocycles. The molecule has 1 aliphatic carbocycles. The fraction of sp³-hybridized carbons (Fsp3) is 0.333. The summed E-state index contributed by atoms with van der Waals surface area (Å²) in [6, 6.07) is 4.18. The summed E-state index contributed by atoms with van der Waals surface area (Å²) in [5.74, 6) is 0.0952. The lowest BCUT2D eigenvalue weighted by Gasteiger charge is -2.13. The largest absolute Gasteiger partial charge is 0.298 e. The van der Waals surface area contributed by atoms with Crippen LogP contribution in [0, 0.1) is 0 Å². The van der Waals surface area contributed by atoms with Gasteiger partial charge in [-0.25, -0.2) is 17.7 Å². The van der Waals surface area contributed by atoms with E-state index in [0.717, 1.165) is 22.8 Å². The molecule has 1 aliphatic rings. The molecule has 1 amide bonds. The van der Waals surface area contributed by atoms with E-state index in [1.54, 1.807) is 0 Å². The molecule has 1 aromatic heterocycles. The molecular formula is C15H16ClN3O3S2.